The molecule has 0 saturated carbocycles. The molecule has 0 amide bonds. The standard InChI is InChI=1S/3C14H15NP.C7H6O2.CHO.Ru/c3*15-11-12-16(13-7-3-1-4-8-13)14-9-5-2-6-10-14;8-7(9)6-4-2-1-3-5-6;1-2;/h3*1-10,15H,11-12H2;1-5H,(H,8,9);1H;/q3*-1;;-1;+4. The van der Waals surface area contributed by atoms with Crippen LogP contribution in [0.15, 0.2) is 212 Å². The smallest absolute Gasteiger partial charge is 0.677 e. The number of carboxylic acid groups (broad SMARTS) is 1. The SMILES string of the molecule is O=C(O)c1ccccc1.[CH-]=O.[NH-]CCP(c1ccccc1)c1ccccc1.[NH-]CCP(c1ccccc1)c1ccccc1.[NH-]CCP(c1ccccc1)c1ccccc1.[Ru+4]. The molecular formula is C50H52N3O3P3Ru. The van der Waals surface area contributed by atoms with E-state index in [1.165, 1.54) is 31.8 Å². The zero-order valence-electron chi connectivity index (χ0n) is 33.5. The molecule has 0 saturated heterocycles. The maximum Gasteiger partial charge on any atom is 4.00 e. The van der Waals surface area contributed by atoms with E-state index in [1.54, 1.807) is 30.3 Å². The van der Waals surface area contributed by atoms with Crippen molar-refractivity contribution in [3.8, 4) is 0 Å². The molecule has 0 aromatic heterocycles. The van der Waals surface area contributed by atoms with Crippen molar-refractivity contribution in [3.05, 3.63) is 235 Å². The van der Waals surface area contributed by atoms with E-state index in [0.29, 0.717) is 25.2 Å². The Morgan fingerprint density at radius 2 is 0.533 bits per heavy atom. The molecular weight excluding hydrogens is 885 g/mol. The summed E-state index contributed by atoms with van der Waals surface area (Å²) >= 11 is 0. The Bertz CT molecular complexity index is 1760. The summed E-state index contributed by atoms with van der Waals surface area (Å²) in [5, 5.41) is 16.6. The number of carboxylic acids is 1. The van der Waals surface area contributed by atoms with E-state index in [-0.39, 0.29) is 43.2 Å². The Morgan fingerprint density at radius 3 is 0.667 bits per heavy atom. The summed E-state index contributed by atoms with van der Waals surface area (Å²) < 4.78 is 0. The average molecular weight is 937 g/mol. The molecule has 0 atom stereocenters. The first-order valence-corrected chi connectivity index (χ1v) is 23.7. The quantitative estimate of drug-likeness (QED) is 0.0535. The first kappa shape index (κ1) is 51.6. The molecule has 0 fully saturated rings. The second-order valence-electron chi connectivity index (χ2n) is 12.4. The molecule has 0 aliphatic carbocycles. The first-order valence-electron chi connectivity index (χ1n) is 19.1. The summed E-state index contributed by atoms with van der Waals surface area (Å²) in [4.78, 5) is 18.0. The number of hydrogen-bond acceptors (Lipinski definition) is 2. The third-order valence-corrected chi connectivity index (χ3v) is 16.0. The van der Waals surface area contributed by atoms with Gasteiger partial charge in [-0.05, 0) is 86.2 Å². The zero-order valence-corrected chi connectivity index (χ0v) is 37.9. The number of aromatic carboxylic acids is 1. The van der Waals surface area contributed by atoms with Crippen LogP contribution >= 0.6 is 23.8 Å². The van der Waals surface area contributed by atoms with Gasteiger partial charge in [0.15, 0.2) is 0 Å². The molecule has 0 heterocycles. The first-order chi connectivity index (χ1) is 29.0. The summed E-state index contributed by atoms with van der Waals surface area (Å²) in [5.41, 5.74) is 22.7. The summed E-state index contributed by atoms with van der Waals surface area (Å²) in [6.45, 7) is 4.74. The van der Waals surface area contributed by atoms with Crippen molar-refractivity contribution in [2.75, 3.05) is 38.1 Å². The minimum atomic E-state index is -0.879. The van der Waals surface area contributed by atoms with Gasteiger partial charge < -0.3 is 27.1 Å². The van der Waals surface area contributed by atoms with Crippen LogP contribution in [-0.4, -0.2) is 56.0 Å². The predicted molar refractivity (Wildman–Crippen MR) is 260 cm³/mol. The van der Waals surface area contributed by atoms with Crippen molar-refractivity contribution in [2.45, 2.75) is 0 Å². The van der Waals surface area contributed by atoms with Crippen molar-refractivity contribution >= 4 is 68.4 Å². The minimum Gasteiger partial charge on any atom is -0.677 e. The Morgan fingerprint density at radius 1 is 0.367 bits per heavy atom. The van der Waals surface area contributed by atoms with Crippen LogP contribution in [0.2, 0.25) is 0 Å². The Hall–Kier alpha value is -4.53. The molecule has 6 nitrogen and oxygen atoms in total. The van der Waals surface area contributed by atoms with Gasteiger partial charge in [0.1, 0.15) is 0 Å². The summed E-state index contributed by atoms with van der Waals surface area (Å²) in [6.07, 6.45) is 2.84. The normalized spacial score (nSPS) is 9.90. The molecule has 0 aliphatic heterocycles. The summed E-state index contributed by atoms with van der Waals surface area (Å²) in [5.74, 6) is -0.879. The van der Waals surface area contributed by atoms with Gasteiger partial charge in [0.2, 0.25) is 0 Å². The Kier molecular flexibility index (Phi) is 27.8. The van der Waals surface area contributed by atoms with Crippen LogP contribution in [0.3, 0.4) is 0 Å². The number of benzene rings is 7. The van der Waals surface area contributed by atoms with Gasteiger partial charge in [-0.15, -0.1) is 19.6 Å². The summed E-state index contributed by atoms with van der Waals surface area (Å²) in [6, 6.07) is 71.6. The molecule has 60 heavy (non-hydrogen) atoms. The van der Waals surface area contributed by atoms with Gasteiger partial charge in [0.05, 0.1) is 5.56 Å². The molecule has 0 spiro atoms. The van der Waals surface area contributed by atoms with Crippen molar-refractivity contribution < 1.29 is 34.2 Å². The second kappa shape index (κ2) is 32.3. The molecule has 7 aromatic carbocycles. The van der Waals surface area contributed by atoms with Crippen LogP contribution in [0, 0.1) is 0 Å². The van der Waals surface area contributed by atoms with E-state index in [0.717, 1.165) is 18.5 Å². The maximum absolute atomic E-state index is 10.2. The van der Waals surface area contributed by atoms with Gasteiger partial charge in [-0.2, -0.15) is 0 Å². The number of carbonyl (C=O) groups excluding carboxylic acids is 1. The molecule has 4 N–H and O–H groups in total. The monoisotopic (exact) mass is 937 g/mol. The fraction of sp³-hybridized carbons (Fsp3) is 0.120. The topological polar surface area (TPSA) is 126 Å². The fourth-order valence-corrected chi connectivity index (χ4v) is 12.1. The Balaban J connectivity index is 0.000000275. The fourth-order valence-electron chi connectivity index (χ4n) is 5.79. The van der Waals surface area contributed by atoms with E-state index < -0.39 is 5.97 Å². The predicted octanol–water partition coefficient (Wildman–Crippen LogP) is 10.6. The van der Waals surface area contributed by atoms with Gasteiger partial charge in [-0.25, -0.2) is 4.79 Å². The van der Waals surface area contributed by atoms with Crippen LogP contribution in [0.5, 0.6) is 0 Å². The number of hydrogen-bond donors (Lipinski definition) is 1. The molecule has 308 valence electrons. The van der Waals surface area contributed by atoms with Crippen LogP contribution in [0.4, 0.5) is 0 Å². The Labute approximate surface area is 373 Å². The van der Waals surface area contributed by atoms with Crippen LogP contribution in [0.1, 0.15) is 10.4 Å². The minimum absolute atomic E-state index is 0. The maximum atomic E-state index is 10.2. The van der Waals surface area contributed by atoms with Gasteiger partial charge in [-0.1, -0.05) is 200 Å². The van der Waals surface area contributed by atoms with E-state index in [4.69, 9.17) is 27.1 Å². The van der Waals surface area contributed by atoms with Gasteiger partial charge in [0.25, 0.3) is 0 Å². The van der Waals surface area contributed by atoms with Gasteiger partial charge >= 0.3 is 25.4 Å². The van der Waals surface area contributed by atoms with E-state index in [2.05, 4.69) is 152 Å². The van der Waals surface area contributed by atoms with Crippen LogP contribution < -0.4 is 31.8 Å². The second-order valence-corrected chi connectivity index (χ2v) is 19.4. The largest absolute Gasteiger partial charge is 4.00 e. The van der Waals surface area contributed by atoms with E-state index in [1.807, 2.05) is 36.4 Å². The molecule has 7 aromatic rings. The third-order valence-electron chi connectivity index (χ3n) is 8.43. The zero-order chi connectivity index (χ0) is 42.3. The third kappa shape index (κ3) is 18.8. The van der Waals surface area contributed by atoms with Crippen molar-refractivity contribution in [1.29, 1.82) is 0 Å². The van der Waals surface area contributed by atoms with Gasteiger partial charge in [0, 0.05) is 0 Å². The van der Waals surface area contributed by atoms with Crippen LogP contribution in [-0.2, 0) is 24.3 Å². The molecule has 7 rings (SSSR count). The van der Waals surface area contributed by atoms with Crippen molar-refractivity contribution in [1.82, 2.24) is 0 Å². The van der Waals surface area contributed by atoms with Crippen molar-refractivity contribution in [2.24, 2.45) is 0 Å². The molecule has 0 bridgehead atoms. The number of rotatable bonds is 13. The number of nitrogens with one attached hydrogen (secondary N) is 3. The molecule has 0 aliphatic rings. The summed E-state index contributed by atoms with van der Waals surface area (Å²) in [7, 11) is -1.02. The van der Waals surface area contributed by atoms with E-state index >= 15 is 0 Å². The molecule has 0 unspecified atom stereocenters. The van der Waals surface area contributed by atoms with Crippen LogP contribution in [0.25, 0.3) is 17.2 Å². The number of carbonyl (C=O) groups is 1. The average Bonchev–Trinajstić information content (AvgIpc) is 3.32. The van der Waals surface area contributed by atoms with Crippen molar-refractivity contribution in [3.63, 3.8) is 0 Å². The van der Waals surface area contributed by atoms with E-state index in [9.17, 15) is 4.79 Å². The molecule has 10 heteroatoms. The van der Waals surface area contributed by atoms with Gasteiger partial charge in [-0.3, -0.25) is 6.79 Å². The molecule has 0 radical (unpaired) electrons.